The van der Waals surface area contributed by atoms with Gasteiger partial charge in [-0.2, -0.15) is 13.4 Å². The van der Waals surface area contributed by atoms with Crippen molar-refractivity contribution < 1.29 is 21.9 Å². The van der Waals surface area contributed by atoms with Crippen molar-refractivity contribution in [3.63, 3.8) is 0 Å². The van der Waals surface area contributed by atoms with Crippen LogP contribution in [0.5, 0.6) is 0 Å². The molecule has 7 nitrogen and oxygen atoms in total. The maximum absolute atomic E-state index is 13.7. The van der Waals surface area contributed by atoms with Crippen molar-refractivity contribution in [2.75, 3.05) is 6.26 Å². The molecule has 1 heterocycles. The molecule has 0 radical (unpaired) electrons. The Morgan fingerprint density at radius 2 is 1.96 bits per heavy atom. The van der Waals surface area contributed by atoms with Crippen molar-refractivity contribution in [3.05, 3.63) is 58.7 Å². The lowest BCUT2D eigenvalue weighted by molar-refractivity contribution is 0.100. The molecule has 0 aliphatic carbocycles. The van der Waals surface area contributed by atoms with Gasteiger partial charge in [-0.15, -0.1) is 15.6 Å². The fraction of sp³-hybridized carbons (Fsp3) is 0.111. The largest absolute Gasteiger partial charge is 0.368 e. The number of hydroxylamine groups is 1. The van der Waals surface area contributed by atoms with Crippen molar-refractivity contribution in [2.24, 2.45) is 10.7 Å². The first-order chi connectivity index (χ1) is 13.1. The van der Waals surface area contributed by atoms with Gasteiger partial charge in [0.05, 0.1) is 11.1 Å². The number of halogens is 1. The Balaban J connectivity index is 1.97. The Labute approximate surface area is 164 Å². The van der Waals surface area contributed by atoms with Crippen molar-refractivity contribution in [3.8, 4) is 11.1 Å². The number of fused-ring (bicyclic) bond motifs is 1. The normalized spacial score (nSPS) is 12.3. The molecule has 0 unspecified atom stereocenters. The molecule has 10 heteroatoms. The zero-order valence-electron chi connectivity index (χ0n) is 14.9. The highest BCUT2D eigenvalue weighted by molar-refractivity contribution is 7.85. The first kappa shape index (κ1) is 19.9. The van der Waals surface area contributed by atoms with Crippen molar-refractivity contribution >= 4 is 43.4 Å². The molecule has 3 aromatic rings. The topological polar surface area (TPSA) is 111 Å². The van der Waals surface area contributed by atoms with Gasteiger partial charge in [-0.1, -0.05) is 18.2 Å². The van der Waals surface area contributed by atoms with E-state index in [0.717, 1.165) is 33.0 Å². The predicted molar refractivity (Wildman–Crippen MR) is 107 cm³/mol. The average Bonchev–Trinajstić information content (AvgIpc) is 3.06. The summed E-state index contributed by atoms with van der Waals surface area (Å²) in [6.07, 6.45) is 0.816. The Morgan fingerprint density at radius 1 is 1.21 bits per heavy atom. The van der Waals surface area contributed by atoms with Crippen LogP contribution in [0.15, 0.2) is 47.5 Å². The summed E-state index contributed by atoms with van der Waals surface area (Å²) in [5.74, 6) is -1.50. The van der Waals surface area contributed by atoms with Crippen LogP contribution in [0.3, 0.4) is 0 Å². The van der Waals surface area contributed by atoms with Crippen LogP contribution in [0.25, 0.3) is 21.2 Å². The quantitative estimate of drug-likeness (QED) is 0.381. The molecule has 1 aromatic heterocycles. The van der Waals surface area contributed by atoms with Gasteiger partial charge in [-0.05, 0) is 47.9 Å². The van der Waals surface area contributed by atoms with Gasteiger partial charge in [0.15, 0.2) is 0 Å². The van der Waals surface area contributed by atoms with E-state index in [1.54, 1.807) is 12.1 Å². The van der Waals surface area contributed by atoms with Crippen LogP contribution in [0.1, 0.15) is 15.2 Å². The van der Waals surface area contributed by atoms with Crippen LogP contribution < -0.4 is 11.2 Å². The van der Waals surface area contributed by atoms with E-state index in [-0.39, 0.29) is 5.82 Å². The summed E-state index contributed by atoms with van der Waals surface area (Å²) >= 11 is 1.20. The lowest BCUT2D eigenvalue weighted by Crippen LogP contribution is -2.34. The molecule has 0 spiro atoms. The van der Waals surface area contributed by atoms with Crippen molar-refractivity contribution in [1.29, 1.82) is 0 Å². The molecule has 0 fully saturated rings. The number of nitrogens with two attached hydrogens (primary N) is 1. The molecular formula is C18H16FN3O4S2. The monoisotopic (exact) mass is 421 g/mol. The second kappa shape index (κ2) is 7.66. The van der Waals surface area contributed by atoms with Gasteiger partial charge in [0.1, 0.15) is 5.82 Å². The minimum absolute atomic E-state index is 0.292. The van der Waals surface area contributed by atoms with Crippen LogP contribution >= 0.6 is 11.3 Å². The third kappa shape index (κ3) is 4.53. The molecule has 146 valence electrons. The summed E-state index contributed by atoms with van der Waals surface area (Å²) in [7, 11) is -3.80. The number of rotatable bonds is 4. The highest BCUT2D eigenvalue weighted by Crippen LogP contribution is 2.36. The summed E-state index contributed by atoms with van der Waals surface area (Å²) in [6.45, 7) is 1.88. The van der Waals surface area contributed by atoms with Crippen LogP contribution in [0.4, 0.5) is 4.39 Å². The Bertz CT molecular complexity index is 1200. The number of nitrogens with zero attached hydrogens (tertiary/aromatic N) is 1. The van der Waals surface area contributed by atoms with E-state index in [0.29, 0.717) is 4.88 Å². The van der Waals surface area contributed by atoms with Crippen molar-refractivity contribution in [1.82, 2.24) is 5.48 Å². The zero-order chi connectivity index (χ0) is 20.5. The molecule has 0 atom stereocenters. The molecule has 0 aliphatic heterocycles. The van der Waals surface area contributed by atoms with Gasteiger partial charge < -0.3 is 5.73 Å². The Kier molecular flexibility index (Phi) is 5.45. The van der Waals surface area contributed by atoms with Crippen LogP contribution in [0.2, 0.25) is 0 Å². The van der Waals surface area contributed by atoms with Crippen LogP contribution in [-0.4, -0.2) is 26.5 Å². The van der Waals surface area contributed by atoms with E-state index >= 15 is 0 Å². The molecule has 2 aromatic carbocycles. The minimum atomic E-state index is -3.80. The van der Waals surface area contributed by atoms with Gasteiger partial charge in [-0.3, -0.25) is 4.79 Å². The number of aliphatic imine (C=N–C) groups is 1. The van der Waals surface area contributed by atoms with Gasteiger partial charge in [0.25, 0.3) is 16.0 Å². The molecular weight excluding hydrogens is 405 g/mol. The van der Waals surface area contributed by atoms with E-state index < -0.39 is 22.0 Å². The minimum Gasteiger partial charge on any atom is -0.368 e. The smallest absolute Gasteiger partial charge is 0.290 e. The first-order valence-electron chi connectivity index (χ1n) is 7.96. The SMILES string of the molecule is Cc1ccc(F)cc1-c1cccc2sc(C(=O)N=C(N)NOS(C)(=O)=O)cc12. The number of nitrogens with one attached hydrogen (secondary N) is 1. The molecule has 3 N–H and O–H groups in total. The molecule has 0 saturated carbocycles. The standard InChI is InChI=1S/C18H16FN3O4S2/c1-10-6-7-11(19)8-13(10)12-4-3-5-15-14(12)9-16(27-15)17(23)21-18(20)22-26-28(2,24)25/h3-9H,1-2H3,(H3,20,21,22,23). The molecule has 1 amide bonds. The molecule has 0 saturated heterocycles. The van der Waals surface area contributed by atoms with E-state index in [2.05, 4.69) is 9.28 Å². The highest BCUT2D eigenvalue weighted by Gasteiger charge is 2.15. The van der Waals surface area contributed by atoms with Gasteiger partial charge in [0.2, 0.25) is 5.96 Å². The summed E-state index contributed by atoms with van der Waals surface area (Å²) < 4.78 is 40.7. The van der Waals surface area contributed by atoms with Crippen LogP contribution in [0, 0.1) is 12.7 Å². The summed E-state index contributed by atoms with van der Waals surface area (Å²) in [4.78, 5) is 16.2. The Morgan fingerprint density at radius 3 is 2.68 bits per heavy atom. The predicted octanol–water partition coefficient (Wildman–Crippen LogP) is 2.95. The average molecular weight is 421 g/mol. The number of thiophene rings is 1. The number of hydrogen-bond donors (Lipinski definition) is 2. The van der Waals surface area contributed by atoms with E-state index in [1.807, 2.05) is 30.6 Å². The molecule has 0 aliphatic rings. The van der Waals surface area contributed by atoms with E-state index in [4.69, 9.17) is 5.73 Å². The third-order valence-corrected chi connectivity index (χ3v) is 5.26. The van der Waals surface area contributed by atoms with E-state index in [1.165, 1.54) is 23.5 Å². The van der Waals surface area contributed by atoms with Gasteiger partial charge >= 0.3 is 0 Å². The summed E-state index contributed by atoms with van der Waals surface area (Å²) in [5.41, 5.74) is 9.77. The number of aryl methyl sites for hydroxylation is 1. The Hall–Kier alpha value is -2.82. The molecule has 28 heavy (non-hydrogen) atoms. The zero-order valence-corrected chi connectivity index (χ0v) is 16.5. The number of carbonyl (C=O) groups excluding carboxylic acids is 1. The second-order valence-electron chi connectivity index (χ2n) is 5.98. The maximum Gasteiger partial charge on any atom is 0.290 e. The highest BCUT2D eigenvalue weighted by atomic mass is 32.2. The van der Waals surface area contributed by atoms with Crippen LogP contribution in [-0.2, 0) is 14.4 Å². The second-order valence-corrected chi connectivity index (χ2v) is 8.64. The van der Waals surface area contributed by atoms with E-state index in [9.17, 15) is 17.6 Å². The molecule has 0 bridgehead atoms. The molecule has 3 rings (SSSR count). The fourth-order valence-electron chi connectivity index (χ4n) is 2.59. The number of carbonyl (C=O) groups is 1. The number of amides is 1. The fourth-order valence-corrected chi connectivity index (χ4v) is 3.80. The third-order valence-electron chi connectivity index (χ3n) is 3.78. The lowest BCUT2D eigenvalue weighted by atomic mass is 9.97. The van der Waals surface area contributed by atoms with Gasteiger partial charge in [0, 0.05) is 10.1 Å². The van der Waals surface area contributed by atoms with Gasteiger partial charge in [-0.25, -0.2) is 9.87 Å². The number of benzene rings is 2. The number of guanidine groups is 1. The van der Waals surface area contributed by atoms with Crippen molar-refractivity contribution in [2.45, 2.75) is 6.92 Å². The summed E-state index contributed by atoms with van der Waals surface area (Å²) in [6, 6.07) is 11.7. The first-order valence-corrected chi connectivity index (χ1v) is 10.6. The maximum atomic E-state index is 13.7. The summed E-state index contributed by atoms with van der Waals surface area (Å²) in [5, 5.41) is 0.777. The lowest BCUT2D eigenvalue weighted by Gasteiger charge is -2.07. The number of hydrogen-bond acceptors (Lipinski definition) is 5.